The number of ether oxygens (including phenoxy) is 2. The van der Waals surface area contributed by atoms with Crippen molar-refractivity contribution in [2.75, 3.05) is 20.8 Å². The summed E-state index contributed by atoms with van der Waals surface area (Å²) < 4.78 is 11.8. The van der Waals surface area contributed by atoms with E-state index in [1.54, 1.807) is 18.3 Å². The Morgan fingerprint density at radius 2 is 2.11 bits per heavy atom. The van der Waals surface area contributed by atoms with Crippen LogP contribution in [0.25, 0.3) is 10.8 Å². The summed E-state index contributed by atoms with van der Waals surface area (Å²) in [5.41, 5.74) is -0.374. The molecule has 7 nitrogen and oxygen atoms in total. The zero-order chi connectivity index (χ0) is 19.0. The van der Waals surface area contributed by atoms with Gasteiger partial charge in [-0.3, -0.25) is 9.59 Å². The highest BCUT2D eigenvalue weighted by atomic mass is 16.5. The number of fused-ring (bicyclic) bond motifs is 3. The maximum absolute atomic E-state index is 12.9. The number of allylic oxidation sites excluding steroid dienone is 2. The average molecular weight is 369 g/mol. The van der Waals surface area contributed by atoms with Crippen LogP contribution in [0.1, 0.15) is 12.8 Å². The molecule has 0 saturated heterocycles. The number of nitrogens with one attached hydrogen (secondary N) is 1. The quantitative estimate of drug-likeness (QED) is 0.785. The Bertz CT molecular complexity index is 966. The van der Waals surface area contributed by atoms with Crippen LogP contribution in [0, 0.1) is 17.8 Å². The Labute approximate surface area is 157 Å². The van der Waals surface area contributed by atoms with Crippen LogP contribution in [0.5, 0.6) is 11.5 Å². The first-order valence-electron chi connectivity index (χ1n) is 9.16. The van der Waals surface area contributed by atoms with Crippen molar-refractivity contribution < 1.29 is 14.3 Å². The van der Waals surface area contributed by atoms with Gasteiger partial charge in [-0.25, -0.2) is 4.68 Å². The Hall–Kier alpha value is -2.83. The van der Waals surface area contributed by atoms with Crippen molar-refractivity contribution in [3.63, 3.8) is 0 Å². The topological polar surface area (TPSA) is 82.5 Å². The van der Waals surface area contributed by atoms with E-state index in [0.717, 1.165) is 6.42 Å². The number of hydrogen-bond donors (Lipinski definition) is 1. The van der Waals surface area contributed by atoms with Crippen LogP contribution in [-0.4, -0.2) is 36.5 Å². The van der Waals surface area contributed by atoms with Gasteiger partial charge in [0.1, 0.15) is 6.54 Å². The lowest BCUT2D eigenvalue weighted by Gasteiger charge is -2.18. The lowest BCUT2D eigenvalue weighted by Crippen LogP contribution is -2.36. The van der Waals surface area contributed by atoms with E-state index in [1.807, 2.05) is 0 Å². The fraction of sp³-hybridized carbons (Fsp3) is 0.450. The molecule has 27 heavy (non-hydrogen) atoms. The fourth-order valence-corrected chi connectivity index (χ4v) is 4.26. The number of amides is 1. The first-order valence-corrected chi connectivity index (χ1v) is 9.16. The molecule has 0 spiro atoms. The minimum Gasteiger partial charge on any atom is -0.493 e. The largest absolute Gasteiger partial charge is 0.493 e. The molecule has 1 heterocycles. The van der Waals surface area contributed by atoms with Crippen molar-refractivity contribution in [2.45, 2.75) is 19.4 Å². The molecule has 0 unspecified atom stereocenters. The van der Waals surface area contributed by atoms with Crippen LogP contribution in [0.4, 0.5) is 0 Å². The van der Waals surface area contributed by atoms with Gasteiger partial charge in [-0.15, -0.1) is 0 Å². The average Bonchev–Trinajstić information content (AvgIpc) is 3.31. The maximum Gasteiger partial charge on any atom is 0.279 e. The van der Waals surface area contributed by atoms with Crippen LogP contribution in [-0.2, 0) is 11.3 Å². The molecule has 1 amide bonds. The molecule has 2 bridgehead atoms. The van der Waals surface area contributed by atoms with Gasteiger partial charge in [0.25, 0.3) is 5.56 Å². The van der Waals surface area contributed by atoms with Crippen molar-refractivity contribution in [3.05, 3.63) is 40.8 Å². The number of carbonyl (C=O) groups excluding carboxylic acids is 1. The second-order valence-corrected chi connectivity index (χ2v) is 7.22. The minimum absolute atomic E-state index is 0.119. The van der Waals surface area contributed by atoms with E-state index in [0.29, 0.717) is 46.6 Å². The lowest BCUT2D eigenvalue weighted by molar-refractivity contribution is -0.122. The second-order valence-electron chi connectivity index (χ2n) is 7.22. The SMILES string of the molecule is COc1ccc2cnn(CC(=O)NC[C@H]3C[C@@H]4C=C[C@H]3C4)c(=O)c2c1OC. The summed E-state index contributed by atoms with van der Waals surface area (Å²) in [5.74, 6) is 2.35. The van der Waals surface area contributed by atoms with E-state index in [9.17, 15) is 9.59 Å². The molecule has 1 aromatic carbocycles. The highest BCUT2D eigenvalue weighted by molar-refractivity contribution is 5.89. The molecule has 1 fully saturated rings. The molecule has 2 aliphatic carbocycles. The molecule has 1 aromatic heterocycles. The third-order valence-corrected chi connectivity index (χ3v) is 5.63. The number of nitrogens with zero attached hydrogens (tertiary/aromatic N) is 2. The third-order valence-electron chi connectivity index (χ3n) is 5.63. The molecule has 1 N–H and O–H groups in total. The van der Waals surface area contributed by atoms with Crippen LogP contribution in [0.2, 0.25) is 0 Å². The van der Waals surface area contributed by atoms with Gasteiger partial charge in [-0.2, -0.15) is 5.10 Å². The van der Waals surface area contributed by atoms with Crippen LogP contribution in [0.3, 0.4) is 0 Å². The summed E-state index contributed by atoms with van der Waals surface area (Å²) in [5, 5.41) is 8.09. The highest BCUT2D eigenvalue weighted by Crippen LogP contribution is 2.42. The Morgan fingerprint density at radius 3 is 2.78 bits per heavy atom. The van der Waals surface area contributed by atoms with Crippen LogP contribution < -0.4 is 20.3 Å². The number of methoxy groups -OCH3 is 2. The zero-order valence-corrected chi connectivity index (χ0v) is 15.5. The van der Waals surface area contributed by atoms with Gasteiger partial charge in [0.05, 0.1) is 25.8 Å². The molecule has 1 saturated carbocycles. The molecule has 2 aromatic rings. The predicted octanol–water partition coefficient (Wildman–Crippen LogP) is 1.74. The third kappa shape index (κ3) is 3.18. The molecule has 3 atom stereocenters. The lowest BCUT2D eigenvalue weighted by atomic mass is 9.94. The van der Waals surface area contributed by atoms with Gasteiger partial charge in [0, 0.05) is 11.9 Å². The highest BCUT2D eigenvalue weighted by Gasteiger charge is 2.35. The van der Waals surface area contributed by atoms with Gasteiger partial charge in [-0.1, -0.05) is 12.2 Å². The van der Waals surface area contributed by atoms with Gasteiger partial charge >= 0.3 is 0 Å². The number of rotatable bonds is 6. The number of hydrogen-bond acceptors (Lipinski definition) is 5. The summed E-state index contributed by atoms with van der Waals surface area (Å²) in [6.45, 7) is 0.523. The maximum atomic E-state index is 12.9. The summed E-state index contributed by atoms with van der Waals surface area (Å²) in [6.07, 6.45) is 8.44. The number of benzene rings is 1. The molecule has 4 rings (SSSR count). The van der Waals surface area contributed by atoms with Crippen LogP contribution >= 0.6 is 0 Å². The molecule has 0 radical (unpaired) electrons. The van der Waals surface area contributed by atoms with E-state index >= 15 is 0 Å². The first-order chi connectivity index (χ1) is 13.1. The molecule has 2 aliphatic rings. The Kier molecular flexibility index (Phi) is 4.59. The van der Waals surface area contributed by atoms with E-state index in [-0.39, 0.29) is 18.0 Å². The van der Waals surface area contributed by atoms with E-state index in [1.165, 1.54) is 25.3 Å². The Balaban J connectivity index is 1.51. The molecule has 142 valence electrons. The molecule has 7 heteroatoms. The van der Waals surface area contributed by atoms with Gasteiger partial charge < -0.3 is 14.8 Å². The Morgan fingerprint density at radius 1 is 1.26 bits per heavy atom. The number of carbonyl (C=O) groups is 1. The summed E-state index contributed by atoms with van der Waals surface area (Å²) >= 11 is 0. The van der Waals surface area contributed by atoms with E-state index in [4.69, 9.17) is 9.47 Å². The van der Waals surface area contributed by atoms with Crippen molar-refractivity contribution in [1.29, 1.82) is 0 Å². The van der Waals surface area contributed by atoms with E-state index < -0.39 is 0 Å². The van der Waals surface area contributed by atoms with E-state index in [2.05, 4.69) is 22.6 Å². The second kappa shape index (κ2) is 7.06. The minimum atomic E-state index is -0.374. The van der Waals surface area contributed by atoms with Gasteiger partial charge in [0.15, 0.2) is 11.5 Å². The monoisotopic (exact) mass is 369 g/mol. The van der Waals surface area contributed by atoms with Crippen molar-refractivity contribution in [2.24, 2.45) is 17.8 Å². The van der Waals surface area contributed by atoms with Crippen molar-refractivity contribution >= 4 is 16.7 Å². The van der Waals surface area contributed by atoms with Gasteiger partial charge in [-0.05, 0) is 42.7 Å². The molecular formula is C20H23N3O4. The smallest absolute Gasteiger partial charge is 0.279 e. The first kappa shape index (κ1) is 17.6. The van der Waals surface area contributed by atoms with Crippen molar-refractivity contribution in [3.8, 4) is 11.5 Å². The standard InChI is InChI=1S/C20H23N3O4/c1-26-16-6-5-14-10-22-23(20(25)18(14)19(16)27-2)11-17(24)21-9-15-8-12-3-4-13(15)7-12/h3-6,10,12-13,15H,7-9,11H2,1-2H3,(H,21,24)/t12-,13+,15-/m1/s1. The molecule has 0 aliphatic heterocycles. The fourth-order valence-electron chi connectivity index (χ4n) is 4.26. The van der Waals surface area contributed by atoms with Gasteiger partial charge in [0.2, 0.25) is 5.91 Å². The summed E-state index contributed by atoms with van der Waals surface area (Å²) in [7, 11) is 3.00. The normalized spacial score (nSPS) is 23.0. The van der Waals surface area contributed by atoms with Crippen LogP contribution in [0.15, 0.2) is 35.3 Å². The predicted molar refractivity (Wildman–Crippen MR) is 101 cm³/mol. The summed E-state index contributed by atoms with van der Waals surface area (Å²) in [6, 6.07) is 3.47. The molecular weight excluding hydrogens is 346 g/mol. The van der Waals surface area contributed by atoms with Crippen molar-refractivity contribution in [1.82, 2.24) is 15.1 Å². The number of aromatic nitrogens is 2. The zero-order valence-electron chi connectivity index (χ0n) is 15.5. The summed E-state index contributed by atoms with van der Waals surface area (Å²) in [4.78, 5) is 25.2.